The Morgan fingerprint density at radius 2 is 1.60 bits per heavy atom. The van der Waals surface area contributed by atoms with Gasteiger partial charge in [-0.25, -0.2) is 40.5 Å². The van der Waals surface area contributed by atoms with Crippen molar-refractivity contribution >= 4 is 48.2 Å². The molecular weight excluding hydrogens is 595 g/mol. The minimum absolute atomic E-state index is 0.0426. The topological polar surface area (TPSA) is 130 Å². The smallest absolute Gasteiger partial charge is 0.269 e. The molecule has 3 heterocycles. The second kappa shape index (κ2) is 13.2. The average molecular weight is 634 g/mol. The van der Waals surface area contributed by atoms with Crippen molar-refractivity contribution in [1.82, 2.24) is 28.5 Å². The van der Waals surface area contributed by atoms with E-state index >= 15 is 0 Å². The van der Waals surface area contributed by atoms with Gasteiger partial charge in [0.2, 0.25) is 0 Å². The maximum absolute atomic E-state index is 13.2. The highest BCUT2D eigenvalue weighted by molar-refractivity contribution is 7.91. The molecule has 1 saturated carbocycles. The lowest BCUT2D eigenvalue weighted by Crippen LogP contribution is -2.53. The Bertz CT molecular complexity index is 1700. The van der Waals surface area contributed by atoms with E-state index in [1.165, 1.54) is 42.3 Å². The normalized spacial score (nSPS) is 17.1. The quantitative estimate of drug-likeness (QED) is 0.275. The number of hydrogen-bond donors (Lipinski definition) is 1. The Hall–Kier alpha value is -2.91. The summed E-state index contributed by atoms with van der Waals surface area (Å²) in [6, 6.07) is 8.20. The first kappa shape index (κ1) is 32.0. The number of fused-ring (bicyclic) bond motifs is 1. The Morgan fingerprint density at radius 3 is 2.14 bits per heavy atom. The monoisotopic (exact) mass is 633 g/mol. The van der Waals surface area contributed by atoms with E-state index in [9.17, 15) is 16.8 Å². The fraction of sp³-hybridized carbons (Fsp3) is 0.464. The van der Waals surface area contributed by atoms with Gasteiger partial charge in [0.15, 0.2) is 9.86 Å². The Kier molecular flexibility index (Phi) is 10.0. The van der Waals surface area contributed by atoms with E-state index in [0.717, 1.165) is 16.9 Å². The zero-order valence-corrected chi connectivity index (χ0v) is 27.3. The van der Waals surface area contributed by atoms with Crippen LogP contribution in [0.25, 0.3) is 11.0 Å². The van der Waals surface area contributed by atoms with Crippen LogP contribution < -0.4 is 9.62 Å². The van der Waals surface area contributed by atoms with Crippen molar-refractivity contribution < 1.29 is 16.8 Å². The molecule has 0 saturated heterocycles. The van der Waals surface area contributed by atoms with Gasteiger partial charge in [0.1, 0.15) is 12.1 Å². The van der Waals surface area contributed by atoms with Crippen molar-refractivity contribution in [2.45, 2.75) is 68.6 Å². The molecule has 1 aliphatic rings. The van der Waals surface area contributed by atoms with Crippen LogP contribution >= 0.6 is 11.3 Å². The van der Waals surface area contributed by atoms with Gasteiger partial charge in [-0.05, 0) is 64.5 Å². The standard InChI is InChI=1S/C22H24N6O4S3.C6H15N/c1-14-4-6-18(7-5-14)35(31,32)28-9-8-19-21(24-13-25-22(19)28)27(3)17-10-16(11-17)26-34(29,30)20-12-23-15(2)33-20;1-4-7(5-2)6-3/h4-9,12-13,16-17,26H,10-11H2,1-3H3;4-6H2,1-3H3. The zero-order valence-electron chi connectivity index (χ0n) is 24.9. The number of hydrogen-bond acceptors (Lipinski definition) is 10. The largest absolute Gasteiger partial charge is 0.356 e. The molecule has 0 aliphatic heterocycles. The maximum atomic E-state index is 13.2. The number of thiazole rings is 1. The fourth-order valence-electron chi connectivity index (χ4n) is 4.80. The van der Waals surface area contributed by atoms with Crippen LogP contribution in [0.15, 0.2) is 58.2 Å². The summed E-state index contributed by atoms with van der Waals surface area (Å²) in [5.74, 6) is 0.595. The van der Waals surface area contributed by atoms with Crippen molar-refractivity contribution in [1.29, 1.82) is 0 Å². The molecule has 0 spiro atoms. The number of aryl methyl sites for hydroxylation is 2. The molecule has 1 N–H and O–H groups in total. The van der Waals surface area contributed by atoms with Gasteiger partial charge in [0, 0.05) is 25.3 Å². The minimum atomic E-state index is -3.82. The summed E-state index contributed by atoms with van der Waals surface area (Å²) >= 11 is 1.14. The molecule has 14 heteroatoms. The van der Waals surface area contributed by atoms with Crippen LogP contribution in [0.1, 0.15) is 44.2 Å². The third-order valence-electron chi connectivity index (χ3n) is 7.53. The van der Waals surface area contributed by atoms with E-state index in [1.54, 1.807) is 37.3 Å². The third-order valence-corrected chi connectivity index (χ3v) is 12.1. The third kappa shape index (κ3) is 6.83. The minimum Gasteiger partial charge on any atom is -0.356 e. The molecule has 0 radical (unpaired) electrons. The fourth-order valence-corrected chi connectivity index (χ4v) is 8.49. The predicted octanol–water partition coefficient (Wildman–Crippen LogP) is 4.04. The molecule has 42 heavy (non-hydrogen) atoms. The summed E-state index contributed by atoms with van der Waals surface area (Å²) in [6.45, 7) is 13.8. The second-order valence-electron chi connectivity index (χ2n) is 10.2. The van der Waals surface area contributed by atoms with Gasteiger partial charge in [-0.2, -0.15) is 0 Å². The van der Waals surface area contributed by atoms with E-state index in [-0.39, 0.29) is 21.2 Å². The Labute approximate surface area is 252 Å². The summed E-state index contributed by atoms with van der Waals surface area (Å²) in [5.41, 5.74) is 1.26. The van der Waals surface area contributed by atoms with Crippen LogP contribution in [0, 0.1) is 13.8 Å². The Morgan fingerprint density at radius 1 is 0.952 bits per heavy atom. The number of nitrogens with one attached hydrogen (secondary N) is 1. The highest BCUT2D eigenvalue weighted by Crippen LogP contribution is 2.33. The molecule has 11 nitrogen and oxygen atoms in total. The van der Waals surface area contributed by atoms with Crippen molar-refractivity contribution in [3.8, 4) is 0 Å². The van der Waals surface area contributed by atoms with Crippen LogP contribution in [0.2, 0.25) is 0 Å². The summed E-state index contributed by atoms with van der Waals surface area (Å²) in [7, 11) is -5.55. The SMILES string of the molecule is CCN(CC)CC.Cc1ccc(S(=O)(=O)n2ccc3c(N(C)C4CC(NS(=O)(=O)c5cnc(C)s5)C4)ncnc32)cc1. The molecule has 3 aromatic heterocycles. The van der Waals surface area contributed by atoms with E-state index in [1.807, 2.05) is 18.9 Å². The van der Waals surface area contributed by atoms with Crippen LogP contribution in [0.4, 0.5) is 5.82 Å². The summed E-state index contributed by atoms with van der Waals surface area (Å²) in [6.07, 6.45) is 5.40. The lowest BCUT2D eigenvalue weighted by Gasteiger charge is -2.41. The predicted molar refractivity (Wildman–Crippen MR) is 167 cm³/mol. The maximum Gasteiger partial charge on any atom is 0.269 e. The first-order chi connectivity index (χ1) is 19.9. The lowest BCUT2D eigenvalue weighted by atomic mass is 9.86. The summed E-state index contributed by atoms with van der Waals surface area (Å²) in [4.78, 5) is 17.2. The van der Waals surface area contributed by atoms with E-state index in [0.29, 0.717) is 34.7 Å². The molecule has 0 amide bonds. The van der Waals surface area contributed by atoms with Gasteiger partial charge in [0.05, 0.1) is 21.5 Å². The van der Waals surface area contributed by atoms with E-state index in [4.69, 9.17) is 0 Å². The molecule has 228 valence electrons. The molecule has 1 aromatic carbocycles. The molecular formula is C28H39N7O4S3. The van der Waals surface area contributed by atoms with Crippen molar-refractivity contribution in [3.05, 3.63) is 59.6 Å². The highest BCUT2D eigenvalue weighted by Gasteiger charge is 2.37. The lowest BCUT2D eigenvalue weighted by molar-refractivity contribution is 0.316. The first-order valence-corrected chi connectivity index (χ1v) is 17.7. The zero-order chi connectivity index (χ0) is 30.7. The van der Waals surface area contributed by atoms with Crippen LogP contribution in [0.5, 0.6) is 0 Å². The molecule has 1 fully saturated rings. The van der Waals surface area contributed by atoms with Gasteiger partial charge in [-0.15, -0.1) is 11.3 Å². The van der Waals surface area contributed by atoms with Gasteiger partial charge in [-0.3, -0.25) is 0 Å². The molecule has 4 aromatic rings. The number of aromatic nitrogens is 4. The summed E-state index contributed by atoms with van der Waals surface area (Å²) < 4.78 is 55.7. The molecule has 0 atom stereocenters. The highest BCUT2D eigenvalue weighted by atomic mass is 32.2. The van der Waals surface area contributed by atoms with Gasteiger partial charge < -0.3 is 9.80 Å². The van der Waals surface area contributed by atoms with Gasteiger partial charge in [0.25, 0.3) is 20.0 Å². The van der Waals surface area contributed by atoms with Crippen LogP contribution in [0.3, 0.4) is 0 Å². The number of benzene rings is 1. The molecule has 0 unspecified atom stereocenters. The first-order valence-electron chi connectivity index (χ1n) is 13.9. The molecule has 5 rings (SSSR count). The van der Waals surface area contributed by atoms with Gasteiger partial charge >= 0.3 is 0 Å². The number of sulfonamides is 1. The number of rotatable bonds is 10. The molecule has 1 aliphatic carbocycles. The van der Waals surface area contributed by atoms with Crippen molar-refractivity contribution in [3.63, 3.8) is 0 Å². The summed E-state index contributed by atoms with van der Waals surface area (Å²) in [5, 5.41) is 1.30. The van der Waals surface area contributed by atoms with E-state index in [2.05, 4.69) is 45.3 Å². The van der Waals surface area contributed by atoms with Crippen LogP contribution in [-0.4, -0.2) is 79.4 Å². The van der Waals surface area contributed by atoms with Crippen molar-refractivity contribution in [2.75, 3.05) is 31.6 Å². The Balaban J connectivity index is 0.000000517. The number of nitrogens with zero attached hydrogens (tertiary/aromatic N) is 6. The van der Waals surface area contributed by atoms with Gasteiger partial charge in [-0.1, -0.05) is 38.5 Å². The molecule has 0 bridgehead atoms. The second-order valence-corrected chi connectivity index (χ2v) is 15.2. The van der Waals surface area contributed by atoms with Crippen LogP contribution in [-0.2, 0) is 20.0 Å². The van der Waals surface area contributed by atoms with E-state index < -0.39 is 20.0 Å². The number of anilines is 1. The van der Waals surface area contributed by atoms with Crippen molar-refractivity contribution in [2.24, 2.45) is 0 Å². The average Bonchev–Trinajstić information content (AvgIpc) is 3.59.